The Hall–Kier alpha value is -1.80. The minimum atomic E-state index is 0.103. The van der Waals surface area contributed by atoms with Crippen LogP contribution < -0.4 is 4.74 Å². The molecule has 0 bridgehead atoms. The summed E-state index contributed by atoms with van der Waals surface area (Å²) in [5.74, 6) is 0.993. The SMILES string of the molecule is COc1ccc(C)cc1CC(CO)c1ccc(C)cc1. The monoisotopic (exact) mass is 270 g/mol. The smallest absolute Gasteiger partial charge is 0.122 e. The normalized spacial score (nSPS) is 12.2. The number of rotatable bonds is 5. The highest BCUT2D eigenvalue weighted by Gasteiger charge is 2.14. The molecular weight excluding hydrogens is 248 g/mol. The summed E-state index contributed by atoms with van der Waals surface area (Å²) < 4.78 is 5.42. The van der Waals surface area contributed by atoms with Crippen molar-refractivity contribution < 1.29 is 9.84 Å². The van der Waals surface area contributed by atoms with Gasteiger partial charge in [0, 0.05) is 5.92 Å². The molecule has 1 atom stereocenters. The highest BCUT2D eigenvalue weighted by atomic mass is 16.5. The first kappa shape index (κ1) is 14.6. The second-order valence-electron chi connectivity index (χ2n) is 5.31. The second kappa shape index (κ2) is 6.58. The average molecular weight is 270 g/mol. The van der Waals surface area contributed by atoms with Gasteiger partial charge in [0.15, 0.2) is 0 Å². The summed E-state index contributed by atoms with van der Waals surface area (Å²) in [6.45, 7) is 4.28. The van der Waals surface area contributed by atoms with Gasteiger partial charge in [0.2, 0.25) is 0 Å². The second-order valence-corrected chi connectivity index (χ2v) is 5.31. The summed E-state index contributed by atoms with van der Waals surface area (Å²) in [4.78, 5) is 0. The number of aliphatic hydroxyl groups excluding tert-OH is 1. The van der Waals surface area contributed by atoms with E-state index in [9.17, 15) is 5.11 Å². The van der Waals surface area contributed by atoms with E-state index in [1.807, 2.05) is 12.1 Å². The highest BCUT2D eigenvalue weighted by molar-refractivity contribution is 5.38. The molecule has 0 aliphatic carbocycles. The fourth-order valence-corrected chi connectivity index (χ4v) is 2.46. The lowest BCUT2D eigenvalue weighted by Gasteiger charge is -2.17. The molecule has 0 heterocycles. The van der Waals surface area contributed by atoms with Crippen LogP contribution in [0.2, 0.25) is 0 Å². The van der Waals surface area contributed by atoms with Gasteiger partial charge in [-0.2, -0.15) is 0 Å². The Bertz CT molecular complexity index is 558. The Morgan fingerprint density at radius 1 is 1.00 bits per heavy atom. The summed E-state index contributed by atoms with van der Waals surface area (Å²) in [7, 11) is 1.69. The van der Waals surface area contributed by atoms with E-state index in [0.717, 1.165) is 17.7 Å². The van der Waals surface area contributed by atoms with Gasteiger partial charge in [0.25, 0.3) is 0 Å². The van der Waals surface area contributed by atoms with Gasteiger partial charge in [-0.25, -0.2) is 0 Å². The van der Waals surface area contributed by atoms with E-state index in [0.29, 0.717) is 0 Å². The lowest BCUT2D eigenvalue weighted by molar-refractivity contribution is 0.263. The van der Waals surface area contributed by atoms with E-state index in [1.165, 1.54) is 16.7 Å². The number of aliphatic hydroxyl groups is 1. The molecule has 0 aromatic heterocycles. The average Bonchev–Trinajstić information content (AvgIpc) is 2.46. The number of methoxy groups -OCH3 is 1. The van der Waals surface area contributed by atoms with Crippen LogP contribution in [0.3, 0.4) is 0 Å². The minimum absolute atomic E-state index is 0.103. The van der Waals surface area contributed by atoms with Crippen LogP contribution in [-0.4, -0.2) is 18.8 Å². The maximum absolute atomic E-state index is 9.70. The number of hydrogen-bond donors (Lipinski definition) is 1. The van der Waals surface area contributed by atoms with Crippen molar-refractivity contribution in [2.45, 2.75) is 26.2 Å². The topological polar surface area (TPSA) is 29.5 Å². The third-order valence-electron chi connectivity index (χ3n) is 3.67. The molecule has 0 aliphatic rings. The number of hydrogen-bond acceptors (Lipinski definition) is 2. The van der Waals surface area contributed by atoms with E-state index in [1.54, 1.807) is 7.11 Å². The first-order valence-electron chi connectivity index (χ1n) is 6.95. The Labute approximate surface area is 121 Å². The first-order chi connectivity index (χ1) is 9.63. The molecule has 106 valence electrons. The van der Waals surface area contributed by atoms with Crippen LogP contribution in [0.15, 0.2) is 42.5 Å². The fraction of sp³-hybridized carbons (Fsp3) is 0.333. The van der Waals surface area contributed by atoms with Crippen LogP contribution in [0.4, 0.5) is 0 Å². The zero-order chi connectivity index (χ0) is 14.5. The molecule has 0 aliphatic heterocycles. The van der Waals surface area contributed by atoms with Crippen LogP contribution in [-0.2, 0) is 6.42 Å². The van der Waals surface area contributed by atoms with Crippen molar-refractivity contribution in [2.75, 3.05) is 13.7 Å². The van der Waals surface area contributed by atoms with Gasteiger partial charge in [0.05, 0.1) is 13.7 Å². The summed E-state index contributed by atoms with van der Waals surface area (Å²) in [5, 5.41) is 9.70. The van der Waals surface area contributed by atoms with Crippen molar-refractivity contribution in [3.05, 3.63) is 64.7 Å². The standard InChI is InChI=1S/C18H22O2/c1-13-4-7-15(8-5-13)17(12-19)11-16-10-14(2)6-9-18(16)20-3/h4-10,17,19H,11-12H2,1-3H3. The van der Waals surface area contributed by atoms with Crippen molar-refractivity contribution >= 4 is 0 Å². The molecule has 0 spiro atoms. The van der Waals surface area contributed by atoms with Crippen molar-refractivity contribution in [1.29, 1.82) is 0 Å². The van der Waals surface area contributed by atoms with Crippen molar-refractivity contribution in [2.24, 2.45) is 0 Å². The summed E-state index contributed by atoms with van der Waals surface area (Å²) in [6, 6.07) is 14.5. The predicted molar refractivity (Wildman–Crippen MR) is 82.4 cm³/mol. The number of aryl methyl sites for hydroxylation is 2. The van der Waals surface area contributed by atoms with Crippen LogP contribution in [0, 0.1) is 13.8 Å². The first-order valence-corrected chi connectivity index (χ1v) is 6.95. The van der Waals surface area contributed by atoms with Crippen LogP contribution in [0.1, 0.15) is 28.2 Å². The lowest BCUT2D eigenvalue weighted by Crippen LogP contribution is -2.09. The molecule has 0 saturated carbocycles. The van der Waals surface area contributed by atoms with E-state index >= 15 is 0 Å². The van der Waals surface area contributed by atoms with Crippen molar-refractivity contribution in [1.82, 2.24) is 0 Å². The molecule has 2 rings (SSSR count). The molecule has 0 amide bonds. The Balaban J connectivity index is 2.26. The van der Waals surface area contributed by atoms with E-state index in [2.05, 4.69) is 44.2 Å². The zero-order valence-electron chi connectivity index (χ0n) is 12.4. The lowest BCUT2D eigenvalue weighted by atomic mass is 9.91. The van der Waals surface area contributed by atoms with Gasteiger partial charge in [-0.1, -0.05) is 47.5 Å². The van der Waals surface area contributed by atoms with Gasteiger partial charge in [-0.05, 0) is 37.5 Å². The van der Waals surface area contributed by atoms with Gasteiger partial charge in [-0.15, -0.1) is 0 Å². The quantitative estimate of drug-likeness (QED) is 0.899. The molecule has 2 aromatic rings. The van der Waals surface area contributed by atoms with E-state index < -0.39 is 0 Å². The molecule has 2 aromatic carbocycles. The van der Waals surface area contributed by atoms with Crippen LogP contribution in [0.25, 0.3) is 0 Å². The largest absolute Gasteiger partial charge is 0.496 e. The summed E-state index contributed by atoms with van der Waals surface area (Å²) in [5.41, 5.74) is 4.76. The fourth-order valence-electron chi connectivity index (χ4n) is 2.46. The summed E-state index contributed by atoms with van der Waals surface area (Å²) in [6.07, 6.45) is 0.782. The summed E-state index contributed by atoms with van der Waals surface area (Å²) >= 11 is 0. The van der Waals surface area contributed by atoms with Gasteiger partial charge in [-0.3, -0.25) is 0 Å². The van der Waals surface area contributed by atoms with Gasteiger partial charge < -0.3 is 9.84 Å². The molecule has 1 unspecified atom stereocenters. The Kier molecular flexibility index (Phi) is 4.80. The van der Waals surface area contributed by atoms with Gasteiger partial charge >= 0.3 is 0 Å². The van der Waals surface area contributed by atoms with E-state index in [4.69, 9.17) is 4.74 Å². The Morgan fingerprint density at radius 3 is 2.25 bits per heavy atom. The molecule has 20 heavy (non-hydrogen) atoms. The third-order valence-corrected chi connectivity index (χ3v) is 3.67. The molecular formula is C18H22O2. The zero-order valence-corrected chi connectivity index (χ0v) is 12.4. The predicted octanol–water partition coefficient (Wildman–Crippen LogP) is 3.63. The molecule has 0 saturated heterocycles. The molecule has 0 fully saturated rings. The molecule has 0 radical (unpaired) electrons. The molecule has 1 N–H and O–H groups in total. The molecule has 2 heteroatoms. The van der Waals surface area contributed by atoms with Crippen molar-refractivity contribution in [3.63, 3.8) is 0 Å². The number of benzene rings is 2. The van der Waals surface area contributed by atoms with Crippen LogP contribution >= 0.6 is 0 Å². The minimum Gasteiger partial charge on any atom is -0.496 e. The Morgan fingerprint density at radius 2 is 1.65 bits per heavy atom. The van der Waals surface area contributed by atoms with Gasteiger partial charge in [0.1, 0.15) is 5.75 Å². The molecule has 2 nitrogen and oxygen atoms in total. The highest BCUT2D eigenvalue weighted by Crippen LogP contribution is 2.27. The maximum Gasteiger partial charge on any atom is 0.122 e. The van der Waals surface area contributed by atoms with Crippen molar-refractivity contribution in [3.8, 4) is 5.75 Å². The maximum atomic E-state index is 9.70. The van der Waals surface area contributed by atoms with E-state index in [-0.39, 0.29) is 12.5 Å². The van der Waals surface area contributed by atoms with Crippen LogP contribution in [0.5, 0.6) is 5.75 Å². The number of ether oxygens (including phenoxy) is 1. The third kappa shape index (κ3) is 3.40.